The Morgan fingerprint density at radius 2 is 2.29 bits per heavy atom. The van der Waals surface area contributed by atoms with Crippen LogP contribution in [0.15, 0.2) is 35.6 Å². The van der Waals surface area contributed by atoms with E-state index in [1.165, 1.54) is 12.5 Å². The molecule has 84 valence electrons. The summed E-state index contributed by atoms with van der Waals surface area (Å²) in [6.07, 6.45) is 2.44. The topological polar surface area (TPSA) is 80.2 Å². The number of benzene rings is 1. The van der Waals surface area contributed by atoms with Crippen LogP contribution >= 0.6 is 0 Å². The minimum atomic E-state index is -0.455. The predicted octanol–water partition coefficient (Wildman–Crippen LogP) is 1.42. The van der Waals surface area contributed by atoms with Crippen molar-refractivity contribution >= 4 is 18.1 Å². The number of cyclic esters (lactones) is 1. The molecule has 2 heterocycles. The fraction of sp³-hybridized carbons (Fsp3) is 0.0909. The Balaban J connectivity index is 1.90. The fourth-order valence-electron chi connectivity index (χ4n) is 1.68. The average molecular weight is 228 g/mol. The Morgan fingerprint density at radius 3 is 3.12 bits per heavy atom. The number of esters is 1. The molecule has 1 aliphatic rings. The molecule has 1 aromatic carbocycles. The first-order valence-corrected chi connectivity index (χ1v) is 5.04. The number of nitrogens with one attached hydrogen (secondary N) is 1. The van der Waals surface area contributed by atoms with Crippen LogP contribution in [0, 0.1) is 0 Å². The van der Waals surface area contributed by atoms with Crippen LogP contribution in [0.3, 0.4) is 0 Å². The lowest BCUT2D eigenvalue weighted by atomic mass is 10.1. The van der Waals surface area contributed by atoms with Gasteiger partial charge in [-0.1, -0.05) is 18.2 Å². The smallest absolute Gasteiger partial charge is 0.339 e. The van der Waals surface area contributed by atoms with Gasteiger partial charge in [-0.2, -0.15) is 10.1 Å². The summed E-state index contributed by atoms with van der Waals surface area (Å²) in [6.45, 7) is 0. The van der Waals surface area contributed by atoms with Gasteiger partial charge in [0.2, 0.25) is 5.95 Å². The van der Waals surface area contributed by atoms with Gasteiger partial charge in [0.1, 0.15) is 6.33 Å². The van der Waals surface area contributed by atoms with Crippen molar-refractivity contribution in [2.45, 2.75) is 6.10 Å². The largest absolute Gasteiger partial charge is 0.448 e. The normalized spacial score (nSPS) is 18.4. The molecule has 0 fully saturated rings. The van der Waals surface area contributed by atoms with E-state index in [0.29, 0.717) is 11.5 Å². The first-order valence-electron chi connectivity index (χ1n) is 5.04. The van der Waals surface area contributed by atoms with Gasteiger partial charge in [0.25, 0.3) is 0 Å². The maximum absolute atomic E-state index is 11.5. The second-order valence-corrected chi connectivity index (χ2v) is 3.50. The molecule has 6 heteroatoms. The van der Waals surface area contributed by atoms with Gasteiger partial charge in [0.05, 0.1) is 11.8 Å². The lowest BCUT2D eigenvalue weighted by molar-refractivity contribution is 0.0500. The Hall–Kier alpha value is -2.50. The number of fused-ring (bicyclic) bond motifs is 1. The standard InChI is InChI=1S/C11H8N4O2/c16-10-8-4-2-1-3-7(8)9(17-10)5-12-11-13-6-14-15-11/h1-6,9H,(H,13,14,15)/b12-5+. The number of hydrogen-bond donors (Lipinski definition) is 1. The molecule has 0 amide bonds. The minimum Gasteiger partial charge on any atom is -0.448 e. The molecule has 0 spiro atoms. The molecule has 2 aromatic rings. The van der Waals surface area contributed by atoms with Crippen LogP contribution in [-0.4, -0.2) is 27.4 Å². The third-order valence-electron chi connectivity index (χ3n) is 2.46. The number of aromatic nitrogens is 3. The fourth-order valence-corrected chi connectivity index (χ4v) is 1.68. The first kappa shape index (κ1) is 9.71. The highest BCUT2D eigenvalue weighted by Gasteiger charge is 2.29. The number of H-pyrrole nitrogens is 1. The highest BCUT2D eigenvalue weighted by Crippen LogP contribution is 2.29. The number of hydrogen-bond acceptors (Lipinski definition) is 5. The number of ether oxygens (including phenoxy) is 1. The number of carbonyl (C=O) groups is 1. The maximum atomic E-state index is 11.5. The summed E-state index contributed by atoms with van der Waals surface area (Å²) in [5, 5.41) is 6.27. The summed E-state index contributed by atoms with van der Waals surface area (Å²) < 4.78 is 5.18. The minimum absolute atomic E-state index is 0.324. The summed E-state index contributed by atoms with van der Waals surface area (Å²) in [5.41, 5.74) is 1.40. The monoisotopic (exact) mass is 228 g/mol. The number of aromatic amines is 1. The molecule has 0 saturated heterocycles. The van der Waals surface area contributed by atoms with Crippen molar-refractivity contribution in [2.75, 3.05) is 0 Å². The zero-order valence-electron chi connectivity index (χ0n) is 8.70. The number of nitrogens with zero attached hydrogens (tertiary/aromatic N) is 3. The quantitative estimate of drug-likeness (QED) is 0.622. The summed E-state index contributed by atoms with van der Waals surface area (Å²) >= 11 is 0. The van der Waals surface area contributed by atoms with Gasteiger partial charge in [-0.3, -0.25) is 0 Å². The lowest BCUT2D eigenvalue weighted by Gasteiger charge is -2.02. The van der Waals surface area contributed by atoms with Crippen molar-refractivity contribution in [3.8, 4) is 0 Å². The van der Waals surface area contributed by atoms with E-state index < -0.39 is 6.10 Å². The van der Waals surface area contributed by atoms with E-state index in [-0.39, 0.29) is 5.97 Å². The van der Waals surface area contributed by atoms with Gasteiger partial charge < -0.3 is 4.74 Å². The summed E-state index contributed by atoms with van der Waals surface area (Å²) in [5.74, 6) is 0.0556. The van der Waals surface area contributed by atoms with Crippen molar-refractivity contribution in [2.24, 2.45) is 4.99 Å². The number of aliphatic imine (C=N–C) groups is 1. The van der Waals surface area contributed by atoms with Gasteiger partial charge in [-0.15, -0.1) is 0 Å². The van der Waals surface area contributed by atoms with E-state index in [4.69, 9.17) is 4.74 Å². The first-order chi connectivity index (χ1) is 8.34. The second-order valence-electron chi connectivity index (χ2n) is 3.50. The number of rotatable bonds is 2. The lowest BCUT2D eigenvalue weighted by Crippen LogP contribution is -1.99. The molecule has 3 rings (SSSR count). The summed E-state index contributed by atoms with van der Waals surface area (Å²) in [4.78, 5) is 19.4. The molecule has 1 unspecified atom stereocenters. The van der Waals surface area contributed by atoms with Gasteiger partial charge in [-0.25, -0.2) is 14.9 Å². The van der Waals surface area contributed by atoms with Gasteiger partial charge in [0.15, 0.2) is 6.10 Å². The van der Waals surface area contributed by atoms with Crippen LogP contribution in [0.25, 0.3) is 0 Å². The molecule has 1 aliphatic heterocycles. The highest BCUT2D eigenvalue weighted by molar-refractivity contribution is 5.97. The third kappa shape index (κ3) is 1.69. The van der Waals surface area contributed by atoms with E-state index >= 15 is 0 Å². The Labute approximate surface area is 96.4 Å². The van der Waals surface area contributed by atoms with E-state index in [0.717, 1.165) is 5.56 Å². The second kappa shape index (κ2) is 3.82. The van der Waals surface area contributed by atoms with Crippen molar-refractivity contribution < 1.29 is 9.53 Å². The van der Waals surface area contributed by atoms with Crippen molar-refractivity contribution in [3.63, 3.8) is 0 Å². The Morgan fingerprint density at radius 1 is 1.41 bits per heavy atom. The van der Waals surface area contributed by atoms with Crippen molar-refractivity contribution in [3.05, 3.63) is 41.7 Å². The molecule has 1 N–H and O–H groups in total. The Bertz CT molecular complexity index is 577. The van der Waals surface area contributed by atoms with Crippen LogP contribution < -0.4 is 0 Å². The SMILES string of the molecule is O=C1OC(/C=N/c2ncn[nH]2)c2ccccc21. The Kier molecular flexibility index (Phi) is 2.18. The van der Waals surface area contributed by atoms with Gasteiger partial charge in [0, 0.05) is 5.56 Å². The molecule has 0 bridgehead atoms. The zero-order valence-corrected chi connectivity index (χ0v) is 8.70. The number of carbonyl (C=O) groups excluding carboxylic acids is 1. The molecule has 1 atom stereocenters. The van der Waals surface area contributed by atoms with E-state index in [1.807, 2.05) is 12.1 Å². The van der Waals surface area contributed by atoms with Crippen LogP contribution in [0.5, 0.6) is 0 Å². The molecule has 1 aromatic heterocycles. The molecular formula is C11H8N4O2. The van der Waals surface area contributed by atoms with Crippen molar-refractivity contribution in [1.29, 1.82) is 0 Å². The van der Waals surface area contributed by atoms with E-state index in [9.17, 15) is 4.79 Å². The molecule has 0 aliphatic carbocycles. The average Bonchev–Trinajstić information content (AvgIpc) is 2.96. The van der Waals surface area contributed by atoms with Gasteiger partial charge >= 0.3 is 5.97 Å². The molecule has 0 saturated carbocycles. The predicted molar refractivity (Wildman–Crippen MR) is 59.1 cm³/mol. The highest BCUT2D eigenvalue weighted by atomic mass is 16.5. The van der Waals surface area contributed by atoms with Crippen molar-refractivity contribution in [1.82, 2.24) is 15.2 Å². The molecule has 6 nitrogen and oxygen atoms in total. The molecule has 17 heavy (non-hydrogen) atoms. The van der Waals surface area contributed by atoms with Gasteiger partial charge in [-0.05, 0) is 6.07 Å². The zero-order chi connectivity index (χ0) is 11.7. The molecular weight excluding hydrogens is 220 g/mol. The maximum Gasteiger partial charge on any atom is 0.339 e. The van der Waals surface area contributed by atoms with Crippen LogP contribution in [-0.2, 0) is 4.74 Å². The van der Waals surface area contributed by atoms with Crippen LogP contribution in [0.2, 0.25) is 0 Å². The summed E-state index contributed by atoms with van der Waals surface area (Å²) in [7, 11) is 0. The van der Waals surface area contributed by atoms with Crippen LogP contribution in [0.1, 0.15) is 22.0 Å². The van der Waals surface area contributed by atoms with Crippen LogP contribution in [0.4, 0.5) is 5.95 Å². The van der Waals surface area contributed by atoms with E-state index in [2.05, 4.69) is 20.2 Å². The molecule has 0 radical (unpaired) electrons. The third-order valence-corrected chi connectivity index (χ3v) is 2.46. The van der Waals surface area contributed by atoms with E-state index in [1.54, 1.807) is 12.1 Å². The summed E-state index contributed by atoms with van der Waals surface area (Å²) in [6, 6.07) is 7.24.